The van der Waals surface area contributed by atoms with Gasteiger partial charge in [0.1, 0.15) is 17.0 Å². The number of hydrogen-bond donors (Lipinski definition) is 1. The van der Waals surface area contributed by atoms with Crippen molar-refractivity contribution in [3.8, 4) is 17.0 Å². The van der Waals surface area contributed by atoms with E-state index in [1.807, 2.05) is 22.8 Å². The Morgan fingerprint density at radius 1 is 1.24 bits per heavy atom. The summed E-state index contributed by atoms with van der Waals surface area (Å²) in [5, 5.41) is 6.41. The molecule has 0 radical (unpaired) electrons. The van der Waals surface area contributed by atoms with Gasteiger partial charge in [-0.15, -0.1) is 0 Å². The molecule has 3 aliphatic heterocycles. The summed E-state index contributed by atoms with van der Waals surface area (Å²) in [5.74, 6) is 0.286. The molecule has 0 saturated carbocycles. The maximum absolute atomic E-state index is 12.3. The van der Waals surface area contributed by atoms with Crippen LogP contribution in [0.5, 0.6) is 5.75 Å². The smallest absolute Gasteiger partial charge is 0.341 e. The third-order valence-corrected chi connectivity index (χ3v) is 5.46. The number of H-pyrrole nitrogens is 1. The molecule has 1 N–H and O–H groups in total. The molecule has 29 heavy (non-hydrogen) atoms. The lowest BCUT2D eigenvalue weighted by Gasteiger charge is -2.29. The van der Waals surface area contributed by atoms with E-state index >= 15 is 0 Å². The number of carbonyl (C=O) groups is 1. The highest BCUT2D eigenvalue weighted by atomic mass is 16.5. The summed E-state index contributed by atoms with van der Waals surface area (Å²) in [6.45, 7) is 2.60. The van der Waals surface area contributed by atoms with E-state index in [0.29, 0.717) is 17.8 Å². The highest BCUT2D eigenvalue weighted by Gasteiger charge is 2.27. The van der Waals surface area contributed by atoms with Gasteiger partial charge in [-0.2, -0.15) is 5.10 Å². The van der Waals surface area contributed by atoms with Crippen molar-refractivity contribution in [1.82, 2.24) is 19.7 Å². The van der Waals surface area contributed by atoms with E-state index in [2.05, 4.69) is 21.2 Å². The Labute approximate surface area is 168 Å². The first kappa shape index (κ1) is 19.2. The Bertz CT molecular complexity index is 1040. The maximum atomic E-state index is 12.3. The lowest BCUT2D eigenvalue weighted by atomic mass is 10.0. The lowest BCUT2D eigenvalue weighted by Crippen LogP contribution is -2.29. The molecule has 0 amide bonds. The van der Waals surface area contributed by atoms with E-state index in [0.717, 1.165) is 37.2 Å². The van der Waals surface area contributed by atoms with Crippen LogP contribution in [0.25, 0.3) is 11.3 Å². The van der Waals surface area contributed by atoms with Gasteiger partial charge in [0.25, 0.3) is 5.56 Å². The van der Waals surface area contributed by atoms with Crippen molar-refractivity contribution in [2.75, 3.05) is 27.3 Å². The summed E-state index contributed by atoms with van der Waals surface area (Å²) >= 11 is 0. The van der Waals surface area contributed by atoms with Gasteiger partial charge in [-0.1, -0.05) is 12.1 Å². The summed E-state index contributed by atoms with van der Waals surface area (Å²) in [6.07, 6.45) is 5.77. The largest absolute Gasteiger partial charge is 0.497 e. The number of likely N-dealkylation sites (tertiary alicyclic amines) is 1. The van der Waals surface area contributed by atoms with Crippen LogP contribution in [0.1, 0.15) is 34.8 Å². The van der Waals surface area contributed by atoms with Crippen molar-refractivity contribution in [2.45, 2.75) is 25.4 Å². The third kappa shape index (κ3) is 3.75. The van der Waals surface area contributed by atoms with Gasteiger partial charge in [-0.05, 0) is 43.6 Å². The molecule has 3 heterocycles. The fourth-order valence-electron chi connectivity index (χ4n) is 3.99. The molecule has 0 bridgehead atoms. The molecule has 0 aliphatic carbocycles. The molecule has 1 atom stereocenters. The maximum Gasteiger partial charge on any atom is 0.341 e. The fraction of sp³-hybridized carbons (Fsp3) is 0.381. The van der Waals surface area contributed by atoms with Crippen LogP contribution in [0.2, 0.25) is 0 Å². The van der Waals surface area contributed by atoms with Gasteiger partial charge >= 0.3 is 5.97 Å². The Morgan fingerprint density at radius 3 is 2.76 bits per heavy atom. The molecule has 1 unspecified atom stereocenters. The van der Waals surface area contributed by atoms with Gasteiger partial charge in [0.05, 0.1) is 25.8 Å². The number of fused-ring (bicyclic) bond motifs is 1. The van der Waals surface area contributed by atoms with Crippen LogP contribution in [-0.4, -0.2) is 52.9 Å². The molecule has 4 rings (SSSR count). The number of hydrogen-bond acceptors (Lipinski definition) is 6. The van der Waals surface area contributed by atoms with Gasteiger partial charge in [-0.3, -0.25) is 9.69 Å². The van der Waals surface area contributed by atoms with Crippen LogP contribution in [0.4, 0.5) is 0 Å². The number of aromatic nitrogens is 3. The molecule has 1 aromatic carbocycles. The minimum Gasteiger partial charge on any atom is -0.497 e. The zero-order chi connectivity index (χ0) is 20.4. The minimum absolute atomic E-state index is 0.0857. The first-order valence-electron chi connectivity index (χ1n) is 9.65. The van der Waals surface area contributed by atoms with E-state index < -0.39 is 5.97 Å². The second kappa shape index (κ2) is 8.08. The average molecular weight is 396 g/mol. The number of carbonyl (C=O) groups excluding carboxylic acids is 1. The van der Waals surface area contributed by atoms with Crippen LogP contribution in [0.3, 0.4) is 0 Å². The average Bonchev–Trinajstić information content (AvgIpc) is 3.41. The standard InChI is InChI=1S/C21H24N4O4/c1-28-15-7-5-6-14(10-15)18(25-8-3-4-9-25)13-24-11-16-19(22-23-20(16)26)17(12-24)21(27)29-2/h5-7,10-12,18H,3-4,8-9,13H2,1-2H3,(H,23,26). The van der Waals surface area contributed by atoms with E-state index in [9.17, 15) is 9.59 Å². The monoisotopic (exact) mass is 396 g/mol. The number of methoxy groups -OCH3 is 2. The number of nitrogens with one attached hydrogen (secondary N) is 1. The topological polar surface area (TPSA) is 89.5 Å². The number of esters is 1. The summed E-state index contributed by atoms with van der Waals surface area (Å²) in [4.78, 5) is 26.9. The van der Waals surface area contributed by atoms with Gasteiger partial charge in [0.15, 0.2) is 0 Å². The number of nitrogens with zero attached hydrogens (tertiary/aromatic N) is 3. The quantitative estimate of drug-likeness (QED) is 0.643. The number of aromatic amines is 1. The zero-order valence-electron chi connectivity index (χ0n) is 16.6. The van der Waals surface area contributed by atoms with Crippen LogP contribution < -0.4 is 10.3 Å². The molecule has 8 nitrogen and oxygen atoms in total. The SMILES string of the molecule is COC(=O)c1cn(CC(c2cccc(OC)c2)N2CCCC2)cc2c(=O)[nH]nc1-2. The van der Waals surface area contributed by atoms with Crippen molar-refractivity contribution >= 4 is 5.97 Å². The summed E-state index contributed by atoms with van der Waals surface area (Å²) < 4.78 is 12.2. The van der Waals surface area contributed by atoms with Crippen molar-refractivity contribution < 1.29 is 14.3 Å². The third-order valence-electron chi connectivity index (χ3n) is 5.46. The normalized spacial score (nSPS) is 15.5. The van der Waals surface area contributed by atoms with E-state index in [4.69, 9.17) is 9.47 Å². The molecule has 0 aromatic heterocycles. The summed E-state index contributed by atoms with van der Waals surface area (Å²) in [5.41, 5.74) is 1.79. The Hall–Kier alpha value is -3.13. The Kier molecular flexibility index (Phi) is 5.35. The van der Waals surface area contributed by atoms with Crippen LogP contribution in [0, 0.1) is 0 Å². The van der Waals surface area contributed by atoms with E-state index in [-0.39, 0.29) is 17.2 Å². The second-order valence-electron chi connectivity index (χ2n) is 7.21. The van der Waals surface area contributed by atoms with E-state index in [1.54, 1.807) is 19.5 Å². The molecule has 1 fully saturated rings. The van der Waals surface area contributed by atoms with E-state index in [1.165, 1.54) is 7.11 Å². The minimum atomic E-state index is -0.519. The fourth-order valence-corrected chi connectivity index (χ4v) is 3.99. The second-order valence-corrected chi connectivity index (χ2v) is 7.21. The lowest BCUT2D eigenvalue weighted by molar-refractivity contribution is 0.0600. The molecule has 1 aromatic rings. The molecular formula is C21H24N4O4. The molecule has 1 saturated heterocycles. The van der Waals surface area contributed by atoms with Crippen LogP contribution in [-0.2, 0) is 11.3 Å². The molecular weight excluding hydrogens is 372 g/mol. The molecule has 3 aliphatic rings. The molecule has 0 spiro atoms. The molecule has 8 heteroatoms. The highest BCUT2D eigenvalue weighted by Crippen LogP contribution is 2.30. The van der Waals surface area contributed by atoms with Crippen LogP contribution in [0.15, 0.2) is 41.5 Å². The predicted molar refractivity (Wildman–Crippen MR) is 107 cm³/mol. The molecule has 152 valence electrons. The summed E-state index contributed by atoms with van der Waals surface area (Å²) in [6, 6.07) is 8.12. The van der Waals surface area contributed by atoms with Gasteiger partial charge in [0, 0.05) is 18.9 Å². The first-order valence-corrected chi connectivity index (χ1v) is 9.65. The first-order chi connectivity index (χ1) is 14.1. The van der Waals surface area contributed by atoms with Crippen molar-refractivity contribution in [1.29, 1.82) is 0 Å². The number of ether oxygens (including phenoxy) is 2. The highest BCUT2D eigenvalue weighted by molar-refractivity contribution is 5.95. The van der Waals surface area contributed by atoms with Crippen LogP contribution >= 0.6 is 0 Å². The van der Waals surface area contributed by atoms with Gasteiger partial charge < -0.3 is 14.0 Å². The predicted octanol–water partition coefficient (Wildman–Crippen LogP) is 2.31. The van der Waals surface area contributed by atoms with Gasteiger partial charge in [0.2, 0.25) is 0 Å². The Morgan fingerprint density at radius 2 is 2.03 bits per heavy atom. The number of pyridine rings is 1. The number of benzene rings is 1. The summed E-state index contributed by atoms with van der Waals surface area (Å²) in [7, 11) is 2.98. The van der Waals surface area contributed by atoms with Crippen molar-refractivity contribution in [3.05, 3.63) is 58.1 Å². The van der Waals surface area contributed by atoms with Gasteiger partial charge in [-0.25, -0.2) is 9.89 Å². The Balaban J connectivity index is 1.76. The zero-order valence-corrected chi connectivity index (χ0v) is 16.6. The van der Waals surface area contributed by atoms with Crippen molar-refractivity contribution in [3.63, 3.8) is 0 Å². The van der Waals surface area contributed by atoms with Crippen molar-refractivity contribution in [2.24, 2.45) is 0 Å². The number of rotatable bonds is 6.